The Kier molecular flexibility index (Phi) is 15.3. The van der Waals surface area contributed by atoms with Crippen molar-refractivity contribution in [3.63, 3.8) is 0 Å². The van der Waals surface area contributed by atoms with Crippen LogP contribution in [0.2, 0.25) is 0 Å². The van der Waals surface area contributed by atoms with Gasteiger partial charge in [-0.25, -0.2) is 0 Å². The van der Waals surface area contributed by atoms with Gasteiger partial charge in [0.1, 0.15) is 28.7 Å². The van der Waals surface area contributed by atoms with Crippen molar-refractivity contribution in [3.05, 3.63) is 180 Å². The first-order valence-electron chi connectivity index (χ1n) is 28.6. The number of hydrogen-bond donors (Lipinski definition) is 5. The van der Waals surface area contributed by atoms with Crippen molar-refractivity contribution in [2.45, 2.75) is 205 Å². The van der Waals surface area contributed by atoms with Crippen molar-refractivity contribution in [2.24, 2.45) is 0 Å². The van der Waals surface area contributed by atoms with Crippen LogP contribution >= 0.6 is 0 Å². The van der Waals surface area contributed by atoms with E-state index in [1.54, 1.807) is 0 Å². The molecular formula is C68H82O5. The van der Waals surface area contributed by atoms with E-state index in [9.17, 15) is 25.5 Å². The maximum Gasteiger partial charge on any atom is 0.119 e. The van der Waals surface area contributed by atoms with Gasteiger partial charge in [-0.15, -0.1) is 0 Å². The summed E-state index contributed by atoms with van der Waals surface area (Å²) in [6, 6.07) is 29.7. The summed E-state index contributed by atoms with van der Waals surface area (Å²) in [5.41, 5.74) is 18.3. The quantitative estimate of drug-likeness (QED) is 0.0787. The summed E-state index contributed by atoms with van der Waals surface area (Å²) in [4.78, 5) is 0. The molecule has 384 valence electrons. The molecule has 4 fully saturated rings. The van der Waals surface area contributed by atoms with E-state index in [0.29, 0.717) is 35.5 Å². The Bertz CT molecular complexity index is 2590. The van der Waals surface area contributed by atoms with Gasteiger partial charge in [0.25, 0.3) is 0 Å². The Balaban J connectivity index is 1.10. The van der Waals surface area contributed by atoms with Gasteiger partial charge in [0.05, 0.1) is 0 Å². The van der Waals surface area contributed by atoms with Gasteiger partial charge < -0.3 is 25.5 Å². The molecule has 0 radical (unpaired) electrons. The maximum absolute atomic E-state index is 12.2. The van der Waals surface area contributed by atoms with Crippen LogP contribution in [0.25, 0.3) is 0 Å². The summed E-state index contributed by atoms with van der Waals surface area (Å²) in [5.74, 6) is 2.36. The van der Waals surface area contributed by atoms with Crippen molar-refractivity contribution in [1.82, 2.24) is 0 Å². The first-order valence-corrected chi connectivity index (χ1v) is 28.6. The molecule has 5 N–H and O–H groups in total. The molecule has 6 aromatic carbocycles. The van der Waals surface area contributed by atoms with Crippen molar-refractivity contribution >= 4 is 0 Å². The molecule has 0 bridgehead atoms. The SMILES string of the molecule is Cc1cc(C)c(C(c2cc(C3CCCCC3)c(O)cc2C)c2cc(Cc3ccc(O)c(C(c4cc(C5CCCCC5)c(O)cc4C)c4cc(C5CCCCC5)c(O)cc4C)c3)ccc2O)cc1C1CCCCC1. The lowest BCUT2D eigenvalue weighted by Gasteiger charge is -2.30. The van der Waals surface area contributed by atoms with Crippen LogP contribution in [-0.2, 0) is 6.42 Å². The fourth-order valence-electron chi connectivity index (χ4n) is 14.5. The summed E-state index contributed by atoms with van der Waals surface area (Å²) < 4.78 is 0. The van der Waals surface area contributed by atoms with E-state index in [1.165, 1.54) is 86.5 Å². The molecule has 4 saturated carbocycles. The number of hydrogen-bond acceptors (Lipinski definition) is 5. The molecule has 0 saturated heterocycles. The average Bonchev–Trinajstić information content (AvgIpc) is 3.39. The summed E-state index contributed by atoms with van der Waals surface area (Å²) in [5, 5.41) is 59.2. The Morgan fingerprint density at radius 2 is 0.589 bits per heavy atom. The summed E-state index contributed by atoms with van der Waals surface area (Å²) in [6.07, 6.45) is 23.8. The molecule has 0 heterocycles. The van der Waals surface area contributed by atoms with E-state index < -0.39 is 0 Å². The summed E-state index contributed by atoms with van der Waals surface area (Å²) in [6.45, 7) is 10.8. The highest BCUT2D eigenvalue weighted by Crippen LogP contribution is 2.50. The lowest BCUT2D eigenvalue weighted by Crippen LogP contribution is -2.13. The van der Waals surface area contributed by atoms with Gasteiger partial charge in [0.15, 0.2) is 0 Å². The van der Waals surface area contributed by atoms with Gasteiger partial charge in [-0.3, -0.25) is 0 Å². The number of phenols is 5. The van der Waals surface area contributed by atoms with Crippen LogP contribution in [0.15, 0.2) is 84.9 Å². The number of benzene rings is 6. The minimum atomic E-state index is -0.357. The number of phenolic OH excluding ortho intramolecular Hbond substituents is 5. The summed E-state index contributed by atoms with van der Waals surface area (Å²) in [7, 11) is 0. The Morgan fingerprint density at radius 1 is 0.301 bits per heavy atom. The van der Waals surface area contributed by atoms with Crippen LogP contribution in [0.1, 0.15) is 259 Å². The predicted molar refractivity (Wildman–Crippen MR) is 299 cm³/mol. The topological polar surface area (TPSA) is 101 Å². The molecule has 5 nitrogen and oxygen atoms in total. The van der Waals surface area contributed by atoms with Crippen LogP contribution in [0.4, 0.5) is 0 Å². The Labute approximate surface area is 436 Å². The van der Waals surface area contributed by atoms with Crippen LogP contribution in [0, 0.1) is 34.6 Å². The zero-order chi connectivity index (χ0) is 50.9. The molecule has 0 aliphatic heterocycles. The molecule has 4 aliphatic rings. The van der Waals surface area contributed by atoms with Crippen molar-refractivity contribution < 1.29 is 25.5 Å². The molecule has 1 unspecified atom stereocenters. The second kappa shape index (κ2) is 22.0. The van der Waals surface area contributed by atoms with E-state index in [4.69, 9.17) is 0 Å². The standard InChI is InChI=1S/C68H82O5/c1-41-30-42(2)53(37-52(41)48-18-10-6-11-19-48)67(54-38-57(64(71)31-43(54)3)49-20-12-7-13-21-49)60-35-46(26-28-62(60)69)34-47-27-29-63(70)61(36-47)68(55-39-58(65(72)32-44(55)4)50-22-14-8-15-23-50)56-40-59(66(73)33-45(56)5)51-24-16-9-17-25-51/h26-33,35-40,48-51,67-73H,6-25,34H2,1-5H3. The molecule has 0 aromatic heterocycles. The van der Waals surface area contributed by atoms with Crippen molar-refractivity contribution in [3.8, 4) is 28.7 Å². The van der Waals surface area contributed by atoms with E-state index in [2.05, 4.69) is 77.1 Å². The normalized spacial score (nSPS) is 18.1. The second-order valence-electron chi connectivity index (χ2n) is 23.5. The third kappa shape index (κ3) is 10.7. The van der Waals surface area contributed by atoms with Gasteiger partial charge in [-0.05, 0) is 230 Å². The smallest absolute Gasteiger partial charge is 0.119 e. The van der Waals surface area contributed by atoms with Gasteiger partial charge in [0.2, 0.25) is 0 Å². The fourth-order valence-corrected chi connectivity index (χ4v) is 14.5. The third-order valence-corrected chi connectivity index (χ3v) is 18.5. The van der Waals surface area contributed by atoms with Crippen LogP contribution in [-0.4, -0.2) is 25.5 Å². The number of aryl methyl sites for hydroxylation is 5. The monoisotopic (exact) mass is 979 g/mol. The zero-order valence-corrected chi connectivity index (χ0v) is 44.6. The first kappa shape index (κ1) is 50.8. The highest BCUT2D eigenvalue weighted by atomic mass is 16.3. The van der Waals surface area contributed by atoms with E-state index in [0.717, 1.165) is 137 Å². The molecule has 10 rings (SSSR count). The first-order chi connectivity index (χ1) is 35.3. The van der Waals surface area contributed by atoms with Crippen molar-refractivity contribution in [2.75, 3.05) is 0 Å². The van der Waals surface area contributed by atoms with Crippen LogP contribution in [0.3, 0.4) is 0 Å². The molecule has 0 spiro atoms. The van der Waals surface area contributed by atoms with Crippen molar-refractivity contribution in [1.29, 1.82) is 0 Å². The third-order valence-electron chi connectivity index (χ3n) is 18.5. The molecular weight excluding hydrogens is 897 g/mol. The largest absolute Gasteiger partial charge is 0.508 e. The minimum absolute atomic E-state index is 0.221. The highest BCUT2D eigenvalue weighted by Gasteiger charge is 2.32. The number of aromatic hydroxyl groups is 5. The van der Waals surface area contributed by atoms with Crippen LogP contribution in [0.5, 0.6) is 28.7 Å². The molecule has 6 aromatic rings. The van der Waals surface area contributed by atoms with Gasteiger partial charge >= 0.3 is 0 Å². The zero-order valence-electron chi connectivity index (χ0n) is 44.6. The molecule has 4 aliphatic carbocycles. The van der Waals surface area contributed by atoms with Gasteiger partial charge in [-0.2, -0.15) is 0 Å². The summed E-state index contributed by atoms with van der Waals surface area (Å²) >= 11 is 0. The van der Waals surface area contributed by atoms with E-state index >= 15 is 0 Å². The molecule has 73 heavy (non-hydrogen) atoms. The fraction of sp³-hybridized carbons (Fsp3) is 0.471. The Morgan fingerprint density at radius 3 is 0.918 bits per heavy atom. The predicted octanol–water partition coefficient (Wildman–Crippen LogP) is 17.9. The molecule has 1 atom stereocenters. The maximum atomic E-state index is 12.2. The number of rotatable bonds is 12. The Hall–Kier alpha value is -5.68. The average molecular weight is 979 g/mol. The van der Waals surface area contributed by atoms with Gasteiger partial charge in [0, 0.05) is 23.0 Å². The van der Waals surface area contributed by atoms with E-state index in [1.807, 2.05) is 42.5 Å². The highest BCUT2D eigenvalue weighted by molar-refractivity contribution is 5.61. The molecule has 0 amide bonds. The lowest BCUT2D eigenvalue weighted by atomic mass is 9.74. The van der Waals surface area contributed by atoms with Crippen LogP contribution < -0.4 is 0 Å². The lowest BCUT2D eigenvalue weighted by molar-refractivity contribution is 0.413. The van der Waals surface area contributed by atoms with Gasteiger partial charge in [-0.1, -0.05) is 132 Å². The minimum Gasteiger partial charge on any atom is -0.508 e. The molecule has 5 heteroatoms. The second-order valence-corrected chi connectivity index (χ2v) is 23.5. The van der Waals surface area contributed by atoms with E-state index in [-0.39, 0.29) is 35.2 Å².